The molecule has 1 saturated heterocycles. The van der Waals surface area contributed by atoms with Crippen LogP contribution in [-0.2, 0) is 6.54 Å². The summed E-state index contributed by atoms with van der Waals surface area (Å²) in [7, 11) is 0. The second-order valence-electron chi connectivity index (χ2n) is 6.11. The number of pyridine rings is 1. The Morgan fingerprint density at radius 3 is 2.77 bits per heavy atom. The van der Waals surface area contributed by atoms with Gasteiger partial charge in [-0.25, -0.2) is 4.39 Å². The zero-order valence-corrected chi connectivity index (χ0v) is 13.7. The molecule has 22 heavy (non-hydrogen) atoms. The molecule has 1 aromatic heterocycles. The van der Waals surface area contributed by atoms with Crippen molar-refractivity contribution in [3.63, 3.8) is 0 Å². The Morgan fingerprint density at radius 1 is 1.36 bits per heavy atom. The van der Waals surface area contributed by atoms with E-state index in [1.807, 2.05) is 12.1 Å². The molecule has 120 valence electrons. The second-order valence-corrected chi connectivity index (χ2v) is 6.11. The van der Waals surface area contributed by atoms with E-state index < -0.39 is 0 Å². The van der Waals surface area contributed by atoms with Crippen LogP contribution in [0.15, 0.2) is 30.5 Å². The Labute approximate surface area is 137 Å². The lowest BCUT2D eigenvalue weighted by molar-refractivity contribution is 0.166. The van der Waals surface area contributed by atoms with E-state index in [-0.39, 0.29) is 24.3 Å². The highest BCUT2D eigenvalue weighted by atomic mass is 35.5. The summed E-state index contributed by atoms with van der Waals surface area (Å²) in [5.74, 6) is 0.430. The Hall–Kier alpha value is -1.23. The molecule has 3 nitrogen and oxygen atoms in total. The minimum Gasteiger partial charge on any atom is -0.328 e. The molecule has 1 aromatic carbocycles. The van der Waals surface area contributed by atoms with Gasteiger partial charge >= 0.3 is 0 Å². The molecule has 1 aliphatic heterocycles. The van der Waals surface area contributed by atoms with Crippen LogP contribution in [-0.4, -0.2) is 29.0 Å². The zero-order valence-electron chi connectivity index (χ0n) is 12.8. The number of likely N-dealkylation sites (tertiary alicyclic amines) is 1. The van der Waals surface area contributed by atoms with Gasteiger partial charge in [0.25, 0.3) is 0 Å². The molecule has 1 atom stereocenters. The van der Waals surface area contributed by atoms with Gasteiger partial charge in [0.05, 0.1) is 5.52 Å². The first-order chi connectivity index (χ1) is 10.1. The third-order valence-corrected chi connectivity index (χ3v) is 4.52. The summed E-state index contributed by atoms with van der Waals surface area (Å²) in [5.41, 5.74) is 7.87. The van der Waals surface area contributed by atoms with Gasteiger partial charge in [0, 0.05) is 24.2 Å². The number of piperidine rings is 1. The topological polar surface area (TPSA) is 42.1 Å². The number of rotatable bonds is 3. The average molecular weight is 324 g/mol. The van der Waals surface area contributed by atoms with Crippen molar-refractivity contribution in [2.24, 2.45) is 11.7 Å². The minimum absolute atomic E-state index is 0. The average Bonchev–Trinajstić information content (AvgIpc) is 2.47. The maximum absolute atomic E-state index is 13.8. The van der Waals surface area contributed by atoms with Crippen LogP contribution in [0.4, 0.5) is 4.39 Å². The van der Waals surface area contributed by atoms with Crippen LogP contribution in [0.1, 0.15) is 25.3 Å². The number of nitrogens with zero attached hydrogens (tertiary/aromatic N) is 2. The molecule has 2 heterocycles. The quantitative estimate of drug-likeness (QED) is 0.941. The van der Waals surface area contributed by atoms with Gasteiger partial charge in [0.2, 0.25) is 0 Å². The van der Waals surface area contributed by atoms with Crippen LogP contribution in [0.5, 0.6) is 0 Å². The molecule has 0 radical (unpaired) electrons. The largest absolute Gasteiger partial charge is 0.328 e. The molecule has 0 spiro atoms. The van der Waals surface area contributed by atoms with E-state index in [1.54, 1.807) is 18.3 Å². The van der Waals surface area contributed by atoms with Gasteiger partial charge in [0.1, 0.15) is 5.82 Å². The minimum atomic E-state index is -0.184. The van der Waals surface area contributed by atoms with Crippen molar-refractivity contribution in [1.82, 2.24) is 9.88 Å². The van der Waals surface area contributed by atoms with Crippen molar-refractivity contribution in [2.45, 2.75) is 32.4 Å². The van der Waals surface area contributed by atoms with Crippen LogP contribution in [0.2, 0.25) is 0 Å². The van der Waals surface area contributed by atoms with Gasteiger partial charge in [-0.1, -0.05) is 6.07 Å². The maximum Gasteiger partial charge on any atom is 0.124 e. The van der Waals surface area contributed by atoms with Crippen LogP contribution in [0, 0.1) is 11.7 Å². The van der Waals surface area contributed by atoms with E-state index in [1.165, 1.54) is 0 Å². The molecule has 2 N–H and O–H groups in total. The van der Waals surface area contributed by atoms with Gasteiger partial charge in [-0.05, 0) is 62.5 Å². The summed E-state index contributed by atoms with van der Waals surface area (Å²) in [6, 6.07) is 7.20. The van der Waals surface area contributed by atoms with Crippen molar-refractivity contribution in [1.29, 1.82) is 0 Å². The number of hydrogen-bond donors (Lipinski definition) is 1. The molecule has 3 rings (SSSR count). The fourth-order valence-corrected chi connectivity index (χ4v) is 3.23. The van der Waals surface area contributed by atoms with Crippen molar-refractivity contribution in [3.8, 4) is 0 Å². The Morgan fingerprint density at radius 2 is 2.09 bits per heavy atom. The lowest BCUT2D eigenvalue weighted by Gasteiger charge is -2.33. The number of benzene rings is 1. The van der Waals surface area contributed by atoms with Gasteiger partial charge < -0.3 is 5.73 Å². The molecule has 1 aliphatic rings. The number of nitrogens with two attached hydrogens (primary N) is 1. The van der Waals surface area contributed by atoms with E-state index in [9.17, 15) is 4.39 Å². The highest BCUT2D eigenvalue weighted by Gasteiger charge is 2.22. The van der Waals surface area contributed by atoms with Gasteiger partial charge in [-0.3, -0.25) is 9.88 Å². The second kappa shape index (κ2) is 7.36. The van der Waals surface area contributed by atoms with E-state index in [0.717, 1.165) is 48.9 Å². The van der Waals surface area contributed by atoms with Crippen molar-refractivity contribution in [3.05, 3.63) is 41.8 Å². The summed E-state index contributed by atoms with van der Waals surface area (Å²) >= 11 is 0. The van der Waals surface area contributed by atoms with E-state index in [2.05, 4.69) is 16.8 Å². The molecule has 0 bridgehead atoms. The van der Waals surface area contributed by atoms with Crippen molar-refractivity contribution in [2.75, 3.05) is 13.1 Å². The molecular weight excluding hydrogens is 301 g/mol. The summed E-state index contributed by atoms with van der Waals surface area (Å²) in [6.45, 7) is 4.90. The van der Waals surface area contributed by atoms with Gasteiger partial charge in [-0.2, -0.15) is 0 Å². The lowest BCUT2D eigenvalue weighted by Crippen LogP contribution is -2.39. The lowest BCUT2D eigenvalue weighted by atomic mass is 9.91. The smallest absolute Gasteiger partial charge is 0.124 e. The molecule has 0 aliphatic carbocycles. The summed E-state index contributed by atoms with van der Waals surface area (Å²) in [5, 5.41) is 0.873. The van der Waals surface area contributed by atoms with Gasteiger partial charge in [0.15, 0.2) is 0 Å². The van der Waals surface area contributed by atoms with Crippen LogP contribution in [0.25, 0.3) is 10.9 Å². The van der Waals surface area contributed by atoms with Crippen molar-refractivity contribution < 1.29 is 4.39 Å². The third-order valence-electron chi connectivity index (χ3n) is 4.52. The molecule has 1 fully saturated rings. The highest BCUT2D eigenvalue weighted by Crippen LogP contribution is 2.24. The Kier molecular flexibility index (Phi) is 5.73. The van der Waals surface area contributed by atoms with E-state index in [0.29, 0.717) is 5.92 Å². The standard InChI is InChI=1S/C17H22FN3.ClH/c1-12(19)13-4-7-21(8-5-13)11-15-10-16(18)9-14-3-2-6-20-17(14)15;/h2-3,6,9-10,12-13H,4-5,7-8,11,19H2,1H3;1H. The molecule has 0 amide bonds. The van der Waals surface area contributed by atoms with Crippen LogP contribution >= 0.6 is 12.4 Å². The Bertz CT molecular complexity index is 624. The third kappa shape index (κ3) is 3.75. The zero-order chi connectivity index (χ0) is 14.8. The maximum atomic E-state index is 13.8. The number of fused-ring (bicyclic) bond motifs is 1. The normalized spacial score (nSPS) is 18.1. The molecule has 1 unspecified atom stereocenters. The first kappa shape index (κ1) is 17.1. The fourth-order valence-electron chi connectivity index (χ4n) is 3.23. The predicted octanol–water partition coefficient (Wildman–Crippen LogP) is 3.35. The van der Waals surface area contributed by atoms with Crippen LogP contribution in [0.3, 0.4) is 0 Å². The monoisotopic (exact) mass is 323 g/mol. The van der Waals surface area contributed by atoms with E-state index in [4.69, 9.17) is 5.73 Å². The summed E-state index contributed by atoms with van der Waals surface area (Å²) < 4.78 is 13.8. The van der Waals surface area contributed by atoms with Crippen LogP contribution < -0.4 is 5.73 Å². The predicted molar refractivity (Wildman–Crippen MR) is 90.6 cm³/mol. The first-order valence-corrected chi connectivity index (χ1v) is 7.64. The van der Waals surface area contributed by atoms with E-state index >= 15 is 0 Å². The summed E-state index contributed by atoms with van der Waals surface area (Å²) in [4.78, 5) is 6.79. The number of hydrogen-bond acceptors (Lipinski definition) is 3. The molecule has 5 heteroatoms. The number of halogens is 2. The Balaban J connectivity index is 0.00000176. The molecular formula is C17H23ClFN3. The molecule has 0 saturated carbocycles. The SMILES string of the molecule is CC(N)C1CCN(Cc2cc(F)cc3cccnc23)CC1.Cl. The van der Waals surface area contributed by atoms with Crippen molar-refractivity contribution >= 4 is 23.3 Å². The molecule has 2 aromatic rings. The summed E-state index contributed by atoms with van der Waals surface area (Å²) in [6.07, 6.45) is 4.02. The number of aromatic nitrogens is 1. The highest BCUT2D eigenvalue weighted by molar-refractivity contribution is 5.85. The fraction of sp³-hybridized carbons (Fsp3) is 0.471. The first-order valence-electron chi connectivity index (χ1n) is 7.64. The van der Waals surface area contributed by atoms with Gasteiger partial charge in [-0.15, -0.1) is 12.4 Å².